The van der Waals surface area contributed by atoms with Crippen molar-refractivity contribution in [1.82, 2.24) is 4.90 Å². The first-order valence-electron chi connectivity index (χ1n) is 7.26. The van der Waals surface area contributed by atoms with Crippen LogP contribution in [0.3, 0.4) is 0 Å². The minimum absolute atomic E-state index is 0. The maximum atomic E-state index is 12.7. The number of hydrogen-bond acceptors (Lipinski definition) is 2. The minimum Gasteiger partial charge on any atom is -0.399 e. The van der Waals surface area contributed by atoms with Gasteiger partial charge in [-0.3, -0.25) is 4.79 Å². The molecule has 1 amide bonds. The summed E-state index contributed by atoms with van der Waals surface area (Å²) in [5, 5.41) is 0.719. The van der Waals surface area contributed by atoms with Crippen molar-refractivity contribution in [2.75, 3.05) is 12.8 Å². The van der Waals surface area contributed by atoms with E-state index in [9.17, 15) is 4.79 Å². The monoisotopic (exact) mass is 352 g/mol. The van der Waals surface area contributed by atoms with Crippen LogP contribution < -0.4 is 5.73 Å². The standard InChI is InChI=1S/C18H21ClN2O.ClH/c1-12-4-9-16(20)11-17(12)18(22)21(3)13(2)10-14-5-7-15(19)8-6-14;/h4-9,11,13H,10,20H2,1-3H3;1H. The summed E-state index contributed by atoms with van der Waals surface area (Å²) in [4.78, 5) is 14.4. The predicted octanol–water partition coefficient (Wildman–Crippen LogP) is 4.36. The molecule has 0 aromatic heterocycles. The molecule has 0 saturated carbocycles. The van der Waals surface area contributed by atoms with Crippen LogP contribution in [0.5, 0.6) is 0 Å². The lowest BCUT2D eigenvalue weighted by Gasteiger charge is -2.26. The van der Waals surface area contributed by atoms with Crippen LogP contribution in [0, 0.1) is 6.92 Å². The molecular formula is C18H22Cl2N2O. The van der Waals surface area contributed by atoms with Crippen molar-refractivity contribution in [3.63, 3.8) is 0 Å². The number of rotatable bonds is 4. The van der Waals surface area contributed by atoms with Gasteiger partial charge in [0.25, 0.3) is 5.91 Å². The van der Waals surface area contributed by atoms with Gasteiger partial charge in [0.05, 0.1) is 0 Å². The van der Waals surface area contributed by atoms with Gasteiger partial charge in [0.15, 0.2) is 0 Å². The summed E-state index contributed by atoms with van der Waals surface area (Å²) in [6.45, 7) is 3.96. The van der Waals surface area contributed by atoms with Crippen LogP contribution in [0.4, 0.5) is 5.69 Å². The van der Waals surface area contributed by atoms with Gasteiger partial charge in [-0.1, -0.05) is 29.8 Å². The number of nitrogen functional groups attached to an aromatic ring is 1. The molecule has 5 heteroatoms. The molecule has 3 nitrogen and oxygen atoms in total. The largest absolute Gasteiger partial charge is 0.399 e. The van der Waals surface area contributed by atoms with E-state index < -0.39 is 0 Å². The molecule has 0 aliphatic carbocycles. The van der Waals surface area contributed by atoms with Gasteiger partial charge in [0.1, 0.15) is 0 Å². The number of anilines is 1. The first-order valence-corrected chi connectivity index (χ1v) is 7.64. The van der Waals surface area contributed by atoms with E-state index in [2.05, 4.69) is 0 Å². The highest BCUT2D eigenvalue weighted by Crippen LogP contribution is 2.18. The normalized spacial score (nSPS) is 11.5. The van der Waals surface area contributed by atoms with Crippen LogP contribution in [-0.2, 0) is 6.42 Å². The number of carbonyl (C=O) groups is 1. The third kappa shape index (κ3) is 4.88. The summed E-state index contributed by atoms with van der Waals surface area (Å²) in [5.74, 6) is -0.00809. The number of benzene rings is 2. The molecule has 0 radical (unpaired) electrons. The smallest absolute Gasteiger partial charge is 0.254 e. The Labute approximate surface area is 148 Å². The van der Waals surface area contributed by atoms with Crippen molar-refractivity contribution < 1.29 is 4.79 Å². The first-order chi connectivity index (χ1) is 10.4. The number of aryl methyl sites for hydroxylation is 1. The fraction of sp³-hybridized carbons (Fsp3) is 0.278. The van der Waals surface area contributed by atoms with Gasteiger partial charge in [0.2, 0.25) is 0 Å². The van der Waals surface area contributed by atoms with E-state index in [1.807, 2.05) is 57.3 Å². The van der Waals surface area contributed by atoms with Crippen LogP contribution in [0.2, 0.25) is 5.02 Å². The molecule has 23 heavy (non-hydrogen) atoms. The second kappa shape index (κ2) is 8.23. The van der Waals surface area contributed by atoms with E-state index >= 15 is 0 Å². The lowest BCUT2D eigenvalue weighted by atomic mass is 10.0. The molecule has 0 aliphatic heterocycles. The SMILES string of the molecule is Cc1ccc(N)cc1C(=O)N(C)C(C)Cc1ccc(Cl)cc1.Cl. The zero-order chi connectivity index (χ0) is 16.3. The van der Waals surface area contributed by atoms with Crippen LogP contribution in [0.25, 0.3) is 0 Å². The lowest BCUT2D eigenvalue weighted by molar-refractivity contribution is 0.0743. The zero-order valence-electron chi connectivity index (χ0n) is 13.5. The number of nitrogens with zero attached hydrogens (tertiary/aromatic N) is 1. The van der Waals surface area contributed by atoms with Crippen molar-refractivity contribution in [3.05, 3.63) is 64.2 Å². The maximum absolute atomic E-state index is 12.7. The predicted molar refractivity (Wildman–Crippen MR) is 99.6 cm³/mol. The average molecular weight is 353 g/mol. The topological polar surface area (TPSA) is 46.3 Å². The quantitative estimate of drug-likeness (QED) is 0.831. The van der Waals surface area contributed by atoms with Gasteiger partial charge in [-0.25, -0.2) is 0 Å². The van der Waals surface area contributed by atoms with Gasteiger partial charge in [0, 0.05) is 29.4 Å². The van der Waals surface area contributed by atoms with E-state index in [1.54, 1.807) is 11.0 Å². The maximum Gasteiger partial charge on any atom is 0.254 e. The molecule has 1 atom stereocenters. The molecule has 2 rings (SSSR count). The molecule has 2 aromatic rings. The molecule has 1 unspecified atom stereocenters. The second-order valence-electron chi connectivity index (χ2n) is 5.67. The number of likely N-dealkylation sites (N-methyl/N-ethyl adjacent to an activating group) is 1. The second-order valence-corrected chi connectivity index (χ2v) is 6.11. The van der Waals surface area contributed by atoms with E-state index in [0.717, 1.165) is 22.6 Å². The molecule has 0 aliphatic rings. The van der Waals surface area contributed by atoms with Gasteiger partial charge < -0.3 is 10.6 Å². The Morgan fingerprint density at radius 2 is 1.83 bits per heavy atom. The van der Waals surface area contributed by atoms with E-state index in [1.165, 1.54) is 0 Å². The number of amides is 1. The van der Waals surface area contributed by atoms with Crippen molar-refractivity contribution in [2.24, 2.45) is 0 Å². The van der Waals surface area contributed by atoms with Crippen LogP contribution >= 0.6 is 24.0 Å². The van der Waals surface area contributed by atoms with Crippen molar-refractivity contribution >= 4 is 35.6 Å². The van der Waals surface area contributed by atoms with E-state index in [4.69, 9.17) is 17.3 Å². The van der Waals surface area contributed by atoms with E-state index in [-0.39, 0.29) is 24.4 Å². The average Bonchev–Trinajstić information content (AvgIpc) is 2.50. The lowest BCUT2D eigenvalue weighted by Crippen LogP contribution is -2.36. The highest BCUT2D eigenvalue weighted by atomic mass is 35.5. The molecule has 2 aromatic carbocycles. The summed E-state index contributed by atoms with van der Waals surface area (Å²) >= 11 is 5.90. The van der Waals surface area contributed by atoms with Crippen molar-refractivity contribution in [2.45, 2.75) is 26.3 Å². The fourth-order valence-corrected chi connectivity index (χ4v) is 2.48. The highest BCUT2D eigenvalue weighted by Gasteiger charge is 2.19. The van der Waals surface area contributed by atoms with Gasteiger partial charge in [-0.2, -0.15) is 0 Å². The number of carbonyl (C=O) groups excluding carboxylic acids is 1. The Hall–Kier alpha value is -1.71. The summed E-state index contributed by atoms with van der Waals surface area (Å²) in [7, 11) is 1.82. The molecule has 0 fully saturated rings. The Kier molecular flexibility index (Phi) is 6.92. The van der Waals surface area contributed by atoms with E-state index in [0.29, 0.717) is 11.3 Å². The number of hydrogen-bond donors (Lipinski definition) is 1. The zero-order valence-corrected chi connectivity index (χ0v) is 15.1. The summed E-state index contributed by atoms with van der Waals surface area (Å²) in [6.07, 6.45) is 0.779. The third-order valence-corrected chi connectivity index (χ3v) is 4.17. The molecule has 124 valence electrons. The molecular weight excluding hydrogens is 331 g/mol. The third-order valence-electron chi connectivity index (χ3n) is 3.92. The molecule has 2 N–H and O–H groups in total. The molecule has 0 heterocycles. The Morgan fingerprint density at radius 1 is 1.22 bits per heavy atom. The van der Waals surface area contributed by atoms with Crippen molar-refractivity contribution in [3.8, 4) is 0 Å². The Bertz CT molecular complexity index is 671. The summed E-state index contributed by atoms with van der Waals surface area (Å²) in [5.41, 5.74) is 9.15. The number of halogens is 2. The Balaban J connectivity index is 0.00000264. The summed E-state index contributed by atoms with van der Waals surface area (Å²) in [6, 6.07) is 13.2. The first kappa shape index (κ1) is 19.3. The van der Waals surface area contributed by atoms with Gasteiger partial charge in [-0.15, -0.1) is 12.4 Å². The minimum atomic E-state index is -0.00809. The molecule has 0 spiro atoms. The summed E-state index contributed by atoms with van der Waals surface area (Å²) < 4.78 is 0. The molecule has 0 saturated heterocycles. The van der Waals surface area contributed by atoms with Gasteiger partial charge in [-0.05, 0) is 55.7 Å². The fourth-order valence-electron chi connectivity index (χ4n) is 2.36. The highest BCUT2D eigenvalue weighted by molar-refractivity contribution is 6.30. The molecule has 0 bridgehead atoms. The van der Waals surface area contributed by atoms with Crippen LogP contribution in [0.1, 0.15) is 28.4 Å². The van der Waals surface area contributed by atoms with Crippen LogP contribution in [-0.4, -0.2) is 23.9 Å². The number of nitrogens with two attached hydrogens (primary N) is 1. The van der Waals surface area contributed by atoms with Crippen molar-refractivity contribution in [1.29, 1.82) is 0 Å². The van der Waals surface area contributed by atoms with Crippen LogP contribution in [0.15, 0.2) is 42.5 Å². The van der Waals surface area contributed by atoms with Gasteiger partial charge >= 0.3 is 0 Å². The Morgan fingerprint density at radius 3 is 2.43 bits per heavy atom.